The molecule has 0 radical (unpaired) electrons. The number of carbonyl (C=O) groups is 1. The van der Waals surface area contributed by atoms with Crippen LogP contribution in [0.1, 0.15) is 11.1 Å². The highest BCUT2D eigenvalue weighted by Crippen LogP contribution is 2.17. The summed E-state index contributed by atoms with van der Waals surface area (Å²) in [5.74, 6) is -1.07. The summed E-state index contributed by atoms with van der Waals surface area (Å²) in [6.45, 7) is 1.89. The quantitative estimate of drug-likeness (QED) is 0.910. The summed E-state index contributed by atoms with van der Waals surface area (Å²) >= 11 is 0. The first kappa shape index (κ1) is 14.1. The third kappa shape index (κ3) is 3.57. The Morgan fingerprint density at radius 2 is 2.00 bits per heavy atom. The van der Waals surface area contributed by atoms with E-state index in [1.807, 2.05) is 13.0 Å². The monoisotopic (exact) mass is 274 g/mol. The molecule has 0 amide bonds. The highest BCUT2D eigenvalue weighted by Gasteiger charge is 2.21. The lowest BCUT2D eigenvalue weighted by Crippen LogP contribution is -2.29. The maximum atomic E-state index is 13.6. The van der Waals surface area contributed by atoms with Gasteiger partial charge in [-0.2, -0.15) is 0 Å². The van der Waals surface area contributed by atoms with Crippen molar-refractivity contribution in [3.63, 3.8) is 0 Å². The fourth-order valence-electron chi connectivity index (χ4n) is 1.90. The molecule has 0 saturated heterocycles. The number of carboxylic acids is 1. The molecule has 0 aliphatic carbocycles. The van der Waals surface area contributed by atoms with E-state index in [2.05, 4.69) is 0 Å². The van der Waals surface area contributed by atoms with Gasteiger partial charge in [-0.15, -0.1) is 0 Å². The molecule has 0 aromatic heterocycles. The van der Waals surface area contributed by atoms with E-state index in [0.717, 1.165) is 5.56 Å². The third-order valence-electron chi connectivity index (χ3n) is 2.91. The van der Waals surface area contributed by atoms with E-state index in [1.54, 1.807) is 36.4 Å². The van der Waals surface area contributed by atoms with Gasteiger partial charge in [0, 0.05) is 6.42 Å². The van der Waals surface area contributed by atoms with Crippen LogP contribution in [0.3, 0.4) is 0 Å². The molecule has 0 spiro atoms. The number of carboxylic acid groups (broad SMARTS) is 1. The zero-order chi connectivity index (χ0) is 14.5. The van der Waals surface area contributed by atoms with Gasteiger partial charge in [0.15, 0.2) is 6.10 Å². The second-order valence-corrected chi connectivity index (χ2v) is 4.56. The van der Waals surface area contributed by atoms with Gasteiger partial charge in [-0.05, 0) is 36.2 Å². The topological polar surface area (TPSA) is 46.5 Å². The van der Waals surface area contributed by atoms with Crippen LogP contribution in [0, 0.1) is 12.7 Å². The Morgan fingerprint density at radius 3 is 2.65 bits per heavy atom. The molecule has 20 heavy (non-hydrogen) atoms. The molecule has 1 N–H and O–H groups in total. The Kier molecular flexibility index (Phi) is 4.35. The predicted octanol–water partition coefficient (Wildman–Crippen LogP) is 3.21. The van der Waals surface area contributed by atoms with Gasteiger partial charge < -0.3 is 9.84 Å². The van der Waals surface area contributed by atoms with Crippen molar-refractivity contribution >= 4 is 5.97 Å². The van der Waals surface area contributed by atoms with E-state index < -0.39 is 17.9 Å². The van der Waals surface area contributed by atoms with Crippen LogP contribution in [0.25, 0.3) is 0 Å². The van der Waals surface area contributed by atoms with Crippen molar-refractivity contribution in [3.8, 4) is 5.75 Å². The summed E-state index contributed by atoms with van der Waals surface area (Å²) in [6.07, 6.45) is -1.13. The number of ether oxygens (including phenoxy) is 1. The lowest BCUT2D eigenvalue weighted by atomic mass is 10.1. The molecule has 0 aliphatic heterocycles. The number of halogens is 1. The van der Waals surface area contributed by atoms with Crippen molar-refractivity contribution < 1.29 is 19.0 Å². The van der Waals surface area contributed by atoms with E-state index in [4.69, 9.17) is 4.74 Å². The molecule has 0 saturated carbocycles. The molecule has 2 rings (SSSR count). The van der Waals surface area contributed by atoms with Crippen molar-refractivity contribution in [1.29, 1.82) is 0 Å². The van der Waals surface area contributed by atoms with Gasteiger partial charge in [0.05, 0.1) is 0 Å². The van der Waals surface area contributed by atoms with Crippen LogP contribution in [0.15, 0.2) is 48.5 Å². The van der Waals surface area contributed by atoms with Crippen molar-refractivity contribution in [2.75, 3.05) is 0 Å². The maximum Gasteiger partial charge on any atom is 0.345 e. The number of aliphatic carboxylic acids is 1. The molecule has 3 nitrogen and oxygen atoms in total. The standard InChI is InChI=1S/C16H15FO3/c1-11-5-4-7-13(9-11)20-15(16(18)19)10-12-6-2-3-8-14(12)17/h2-9,15H,10H2,1H3,(H,18,19)/t15-/m1/s1. The van der Waals surface area contributed by atoms with E-state index in [-0.39, 0.29) is 6.42 Å². The first-order valence-corrected chi connectivity index (χ1v) is 6.26. The second kappa shape index (κ2) is 6.19. The minimum atomic E-state index is -1.12. The van der Waals surface area contributed by atoms with E-state index in [0.29, 0.717) is 11.3 Å². The van der Waals surface area contributed by atoms with E-state index in [9.17, 15) is 14.3 Å². The Labute approximate surface area is 116 Å². The van der Waals surface area contributed by atoms with Crippen LogP contribution >= 0.6 is 0 Å². The molecule has 1 atom stereocenters. The Bertz CT molecular complexity index is 610. The molecule has 0 aliphatic rings. The van der Waals surface area contributed by atoms with E-state index >= 15 is 0 Å². The summed E-state index contributed by atoms with van der Waals surface area (Å²) in [5, 5.41) is 9.21. The smallest absolute Gasteiger partial charge is 0.345 e. The Hall–Kier alpha value is -2.36. The largest absolute Gasteiger partial charge is 0.478 e. The molecule has 104 valence electrons. The highest BCUT2D eigenvalue weighted by atomic mass is 19.1. The first-order chi connectivity index (χ1) is 9.56. The number of aryl methyl sites for hydroxylation is 1. The number of hydrogen-bond donors (Lipinski definition) is 1. The van der Waals surface area contributed by atoms with Gasteiger partial charge >= 0.3 is 5.97 Å². The van der Waals surface area contributed by atoms with Crippen LogP contribution < -0.4 is 4.74 Å². The number of rotatable bonds is 5. The van der Waals surface area contributed by atoms with Crippen LogP contribution in [-0.4, -0.2) is 17.2 Å². The number of hydrogen-bond acceptors (Lipinski definition) is 2. The zero-order valence-corrected chi connectivity index (χ0v) is 11.0. The highest BCUT2D eigenvalue weighted by molar-refractivity contribution is 5.73. The van der Waals surface area contributed by atoms with E-state index in [1.165, 1.54) is 6.07 Å². The Balaban J connectivity index is 2.16. The van der Waals surface area contributed by atoms with Crippen molar-refractivity contribution in [2.24, 2.45) is 0 Å². The van der Waals surface area contributed by atoms with Crippen LogP contribution in [-0.2, 0) is 11.2 Å². The molecular formula is C16H15FO3. The predicted molar refractivity (Wildman–Crippen MR) is 73.3 cm³/mol. The number of benzene rings is 2. The van der Waals surface area contributed by atoms with Crippen LogP contribution in [0.2, 0.25) is 0 Å². The average Bonchev–Trinajstić information content (AvgIpc) is 2.40. The van der Waals surface area contributed by atoms with Gasteiger partial charge in [0.25, 0.3) is 0 Å². The summed E-state index contributed by atoms with van der Waals surface area (Å²) in [5.41, 5.74) is 1.30. The van der Waals surface area contributed by atoms with Gasteiger partial charge in [0.2, 0.25) is 0 Å². The summed E-state index contributed by atoms with van der Waals surface area (Å²) in [6, 6.07) is 13.2. The van der Waals surface area contributed by atoms with Crippen molar-refractivity contribution in [1.82, 2.24) is 0 Å². The molecule has 4 heteroatoms. The minimum Gasteiger partial charge on any atom is -0.478 e. The van der Waals surface area contributed by atoms with Gasteiger partial charge in [-0.25, -0.2) is 9.18 Å². The van der Waals surface area contributed by atoms with Crippen LogP contribution in [0.5, 0.6) is 5.75 Å². The normalized spacial score (nSPS) is 11.9. The first-order valence-electron chi connectivity index (χ1n) is 6.26. The lowest BCUT2D eigenvalue weighted by Gasteiger charge is -2.16. The van der Waals surface area contributed by atoms with Crippen molar-refractivity contribution in [3.05, 3.63) is 65.5 Å². The summed E-state index contributed by atoms with van der Waals surface area (Å²) in [4.78, 5) is 11.3. The van der Waals surface area contributed by atoms with Gasteiger partial charge in [-0.1, -0.05) is 30.3 Å². The SMILES string of the molecule is Cc1cccc(O[C@H](Cc2ccccc2F)C(=O)O)c1. The molecule has 0 heterocycles. The van der Waals surface area contributed by atoms with Gasteiger partial charge in [0.1, 0.15) is 11.6 Å². The second-order valence-electron chi connectivity index (χ2n) is 4.56. The van der Waals surface area contributed by atoms with Crippen LogP contribution in [0.4, 0.5) is 4.39 Å². The van der Waals surface area contributed by atoms with Crippen molar-refractivity contribution in [2.45, 2.75) is 19.4 Å². The molecule has 2 aromatic rings. The van der Waals surface area contributed by atoms with Gasteiger partial charge in [-0.3, -0.25) is 0 Å². The fourth-order valence-corrected chi connectivity index (χ4v) is 1.90. The zero-order valence-electron chi connectivity index (χ0n) is 11.0. The molecule has 0 unspecified atom stereocenters. The minimum absolute atomic E-state index is 0.0179. The third-order valence-corrected chi connectivity index (χ3v) is 2.91. The average molecular weight is 274 g/mol. The Morgan fingerprint density at radius 1 is 1.25 bits per heavy atom. The summed E-state index contributed by atoms with van der Waals surface area (Å²) in [7, 11) is 0. The fraction of sp³-hybridized carbons (Fsp3) is 0.188. The molecule has 0 fully saturated rings. The maximum absolute atomic E-state index is 13.6. The molecule has 0 bridgehead atoms. The molecular weight excluding hydrogens is 259 g/mol. The summed E-state index contributed by atoms with van der Waals surface area (Å²) < 4.78 is 19.0. The molecule has 2 aromatic carbocycles. The lowest BCUT2D eigenvalue weighted by molar-refractivity contribution is -0.145.